The molecule has 0 spiro atoms. The maximum Gasteiger partial charge on any atom is 0.261 e. The number of hydrogen-bond donors (Lipinski definition) is 0. The van der Waals surface area contributed by atoms with Gasteiger partial charge in [-0.3, -0.25) is 14.5 Å². The molecule has 0 saturated carbocycles. The number of amides is 2. The Labute approximate surface area is 113 Å². The second kappa shape index (κ2) is 6.14. The molecule has 3 nitrogen and oxygen atoms in total. The molecule has 0 aliphatic carbocycles. The van der Waals surface area contributed by atoms with Crippen molar-refractivity contribution in [3.63, 3.8) is 0 Å². The molecule has 98 valence electrons. The number of unbranched alkanes of at least 4 members (excludes halogenated alkanes) is 2. The van der Waals surface area contributed by atoms with Crippen LogP contribution in [-0.4, -0.2) is 23.3 Å². The highest BCUT2D eigenvalue weighted by molar-refractivity contribution is 6.21. The molecule has 2 rings (SSSR count). The van der Waals surface area contributed by atoms with Gasteiger partial charge in [-0.2, -0.15) is 0 Å². The summed E-state index contributed by atoms with van der Waals surface area (Å²) in [4.78, 5) is 25.3. The predicted molar refractivity (Wildman–Crippen MR) is 75.0 cm³/mol. The standard InChI is InChI=1S/C16H17NO2/c1-2-3-4-5-6-9-12-17-15(18)13-10-7-8-11-14(13)16(17)19/h2,6-11H,1,3-5,12H2. The van der Waals surface area contributed by atoms with E-state index in [4.69, 9.17) is 0 Å². The van der Waals surface area contributed by atoms with Crippen molar-refractivity contribution in [2.45, 2.75) is 19.3 Å². The van der Waals surface area contributed by atoms with E-state index < -0.39 is 0 Å². The highest BCUT2D eigenvalue weighted by Gasteiger charge is 2.33. The lowest BCUT2D eigenvalue weighted by atomic mass is 10.1. The molecule has 0 bridgehead atoms. The third-order valence-corrected chi connectivity index (χ3v) is 3.11. The van der Waals surface area contributed by atoms with Crippen molar-refractivity contribution in [2.24, 2.45) is 0 Å². The first-order valence-electron chi connectivity index (χ1n) is 6.47. The molecule has 1 aliphatic heterocycles. The Balaban J connectivity index is 1.95. The zero-order valence-electron chi connectivity index (χ0n) is 10.8. The fourth-order valence-corrected chi connectivity index (χ4v) is 2.08. The maximum atomic E-state index is 12.0. The average Bonchev–Trinajstić information content (AvgIpc) is 2.68. The molecule has 2 amide bonds. The second-order valence-electron chi connectivity index (χ2n) is 4.46. The van der Waals surface area contributed by atoms with Crippen molar-refractivity contribution in [1.82, 2.24) is 4.90 Å². The Morgan fingerprint density at radius 3 is 2.21 bits per heavy atom. The van der Waals surface area contributed by atoms with Crippen molar-refractivity contribution in [3.8, 4) is 0 Å². The average molecular weight is 255 g/mol. The van der Waals surface area contributed by atoms with Gasteiger partial charge in [0.2, 0.25) is 0 Å². The number of carbonyl (C=O) groups is 2. The van der Waals surface area contributed by atoms with Crippen LogP contribution in [0.5, 0.6) is 0 Å². The maximum absolute atomic E-state index is 12.0. The van der Waals surface area contributed by atoms with Gasteiger partial charge in [0, 0.05) is 6.54 Å². The molecule has 3 heteroatoms. The summed E-state index contributed by atoms with van der Waals surface area (Å²) in [5.41, 5.74) is 1.01. The summed E-state index contributed by atoms with van der Waals surface area (Å²) in [5.74, 6) is -0.396. The van der Waals surface area contributed by atoms with Gasteiger partial charge in [0.15, 0.2) is 0 Å². The van der Waals surface area contributed by atoms with Gasteiger partial charge >= 0.3 is 0 Å². The lowest BCUT2D eigenvalue weighted by Gasteiger charge is -2.10. The summed E-state index contributed by atoms with van der Waals surface area (Å²) >= 11 is 0. The Morgan fingerprint density at radius 2 is 1.63 bits per heavy atom. The Morgan fingerprint density at radius 1 is 1.00 bits per heavy atom. The quantitative estimate of drug-likeness (QED) is 0.445. The number of carbonyl (C=O) groups excluding carboxylic acids is 2. The molecular weight excluding hydrogens is 238 g/mol. The summed E-state index contributed by atoms with van der Waals surface area (Å²) in [6.45, 7) is 4.01. The molecular formula is C16H17NO2. The molecule has 1 aromatic carbocycles. The topological polar surface area (TPSA) is 37.4 Å². The van der Waals surface area contributed by atoms with Crippen molar-refractivity contribution < 1.29 is 9.59 Å². The first-order chi connectivity index (χ1) is 9.25. The van der Waals surface area contributed by atoms with Crippen LogP contribution in [-0.2, 0) is 0 Å². The molecule has 19 heavy (non-hydrogen) atoms. The fraction of sp³-hybridized carbons (Fsp3) is 0.250. The van der Waals surface area contributed by atoms with E-state index >= 15 is 0 Å². The van der Waals surface area contributed by atoms with E-state index in [0.29, 0.717) is 17.7 Å². The lowest BCUT2D eigenvalue weighted by Crippen LogP contribution is -2.29. The van der Waals surface area contributed by atoms with Gasteiger partial charge in [-0.25, -0.2) is 0 Å². The third-order valence-electron chi connectivity index (χ3n) is 3.11. The Bertz CT molecular complexity index is 496. The monoisotopic (exact) mass is 255 g/mol. The van der Waals surface area contributed by atoms with Crippen LogP contribution in [0.2, 0.25) is 0 Å². The van der Waals surface area contributed by atoms with E-state index in [1.165, 1.54) is 4.90 Å². The second-order valence-corrected chi connectivity index (χ2v) is 4.46. The van der Waals surface area contributed by atoms with Crippen molar-refractivity contribution in [1.29, 1.82) is 0 Å². The van der Waals surface area contributed by atoms with Crippen molar-refractivity contribution in [3.05, 3.63) is 60.2 Å². The van der Waals surface area contributed by atoms with Crippen LogP contribution >= 0.6 is 0 Å². The molecule has 1 heterocycles. The van der Waals surface area contributed by atoms with E-state index in [9.17, 15) is 9.59 Å². The number of fused-ring (bicyclic) bond motifs is 1. The number of rotatable bonds is 6. The van der Waals surface area contributed by atoms with E-state index in [2.05, 4.69) is 6.58 Å². The van der Waals surface area contributed by atoms with Crippen LogP contribution in [0.1, 0.15) is 40.0 Å². The summed E-state index contributed by atoms with van der Waals surface area (Å²) in [6, 6.07) is 6.95. The van der Waals surface area contributed by atoms with E-state index in [-0.39, 0.29) is 11.8 Å². The molecule has 0 saturated heterocycles. The minimum atomic E-state index is -0.198. The number of imide groups is 1. The Kier molecular flexibility index (Phi) is 4.29. The molecule has 0 atom stereocenters. The minimum Gasteiger partial charge on any atom is -0.270 e. The first-order valence-corrected chi connectivity index (χ1v) is 6.47. The number of hydrogen-bond acceptors (Lipinski definition) is 2. The van der Waals surface area contributed by atoms with Crippen LogP contribution in [0.15, 0.2) is 49.1 Å². The fourth-order valence-electron chi connectivity index (χ4n) is 2.08. The molecule has 1 aliphatic rings. The number of benzene rings is 1. The van der Waals surface area contributed by atoms with Crippen molar-refractivity contribution >= 4 is 11.8 Å². The van der Waals surface area contributed by atoms with Gasteiger partial charge in [-0.15, -0.1) is 6.58 Å². The van der Waals surface area contributed by atoms with Crippen LogP contribution < -0.4 is 0 Å². The predicted octanol–water partition coefficient (Wildman–Crippen LogP) is 3.20. The molecule has 1 aromatic rings. The summed E-state index contributed by atoms with van der Waals surface area (Å²) in [6.07, 6.45) is 8.74. The summed E-state index contributed by atoms with van der Waals surface area (Å²) in [7, 11) is 0. The minimum absolute atomic E-state index is 0.198. The molecule has 0 N–H and O–H groups in total. The zero-order valence-corrected chi connectivity index (χ0v) is 10.8. The molecule has 0 unspecified atom stereocenters. The number of nitrogens with zero attached hydrogens (tertiary/aromatic N) is 1. The van der Waals surface area contributed by atoms with Crippen LogP contribution in [0.25, 0.3) is 0 Å². The molecule has 0 fully saturated rings. The van der Waals surface area contributed by atoms with Crippen LogP contribution in [0, 0.1) is 0 Å². The highest BCUT2D eigenvalue weighted by atomic mass is 16.2. The van der Waals surface area contributed by atoms with Gasteiger partial charge in [0.25, 0.3) is 11.8 Å². The van der Waals surface area contributed by atoms with Crippen LogP contribution in [0.3, 0.4) is 0 Å². The van der Waals surface area contributed by atoms with Crippen molar-refractivity contribution in [2.75, 3.05) is 6.54 Å². The zero-order chi connectivity index (χ0) is 13.7. The molecule has 0 aromatic heterocycles. The van der Waals surface area contributed by atoms with Gasteiger partial charge in [0.05, 0.1) is 11.1 Å². The summed E-state index contributed by atoms with van der Waals surface area (Å²) in [5, 5.41) is 0. The third kappa shape index (κ3) is 2.81. The smallest absolute Gasteiger partial charge is 0.261 e. The van der Waals surface area contributed by atoms with Gasteiger partial charge in [-0.05, 0) is 31.4 Å². The van der Waals surface area contributed by atoms with E-state index in [1.54, 1.807) is 24.3 Å². The first kappa shape index (κ1) is 13.3. The molecule has 0 radical (unpaired) electrons. The normalized spacial score (nSPS) is 14.2. The Hall–Kier alpha value is -2.16. The highest BCUT2D eigenvalue weighted by Crippen LogP contribution is 2.22. The summed E-state index contributed by atoms with van der Waals surface area (Å²) < 4.78 is 0. The van der Waals surface area contributed by atoms with Gasteiger partial charge in [0.1, 0.15) is 0 Å². The van der Waals surface area contributed by atoms with Gasteiger partial charge < -0.3 is 0 Å². The number of allylic oxidation sites excluding steroid dienone is 2. The SMILES string of the molecule is C=CCCCC=CCN1C(=O)c2ccccc2C1=O. The van der Waals surface area contributed by atoms with Crippen LogP contribution in [0.4, 0.5) is 0 Å². The largest absolute Gasteiger partial charge is 0.270 e. The lowest BCUT2D eigenvalue weighted by molar-refractivity contribution is 0.0672. The van der Waals surface area contributed by atoms with E-state index in [0.717, 1.165) is 19.3 Å². The van der Waals surface area contributed by atoms with E-state index in [1.807, 2.05) is 18.2 Å². The van der Waals surface area contributed by atoms with Gasteiger partial charge in [-0.1, -0.05) is 30.4 Å².